The Balaban J connectivity index is 2.50. The van der Waals surface area contributed by atoms with Gasteiger partial charge in [-0.3, -0.25) is 0 Å². The molecule has 0 aliphatic heterocycles. The lowest BCUT2D eigenvalue weighted by atomic mass is 9.99. The maximum atomic E-state index is 10.5. The van der Waals surface area contributed by atoms with Gasteiger partial charge < -0.3 is 5.11 Å². The van der Waals surface area contributed by atoms with E-state index in [0.717, 1.165) is 31.4 Å². The molecule has 0 aromatic heterocycles. The fraction of sp³-hybridized carbons (Fsp3) is 0.619. The van der Waals surface area contributed by atoms with Gasteiger partial charge in [0.05, 0.1) is 12.0 Å². The standard InChI is InChI=1S/C21H32OS/c1-3-5-7-10-14-19(21(22)17-13-8-6-4-2)18-23-20-15-11-9-12-16-20/h9,11-12,15-16,19,21-22H,3-8,13,17-18H2,1-2H3/t19-,21-/m1/s1. The monoisotopic (exact) mass is 332 g/mol. The van der Waals surface area contributed by atoms with Gasteiger partial charge in [0.15, 0.2) is 0 Å². The van der Waals surface area contributed by atoms with E-state index in [4.69, 9.17) is 0 Å². The summed E-state index contributed by atoms with van der Waals surface area (Å²) < 4.78 is 0. The number of hydrogen-bond acceptors (Lipinski definition) is 2. The lowest BCUT2D eigenvalue weighted by molar-refractivity contribution is 0.130. The van der Waals surface area contributed by atoms with Crippen LogP contribution in [0.3, 0.4) is 0 Å². The van der Waals surface area contributed by atoms with E-state index in [1.165, 1.54) is 30.6 Å². The number of hydrogen-bond donors (Lipinski definition) is 1. The normalized spacial score (nSPS) is 13.2. The Hall–Kier alpha value is -0.910. The summed E-state index contributed by atoms with van der Waals surface area (Å²) >= 11 is 1.80. The Labute approximate surface area is 147 Å². The Morgan fingerprint density at radius 3 is 2.43 bits per heavy atom. The third kappa shape index (κ3) is 9.74. The molecular weight excluding hydrogens is 300 g/mol. The smallest absolute Gasteiger partial charge is 0.0685 e. The second-order valence-corrected chi connectivity index (χ2v) is 7.17. The Kier molecular flexibility index (Phi) is 11.8. The Morgan fingerprint density at radius 2 is 1.74 bits per heavy atom. The largest absolute Gasteiger partial charge is 0.392 e. The third-order valence-electron chi connectivity index (χ3n) is 3.93. The van der Waals surface area contributed by atoms with Gasteiger partial charge in [0.25, 0.3) is 0 Å². The average molecular weight is 333 g/mol. The van der Waals surface area contributed by atoms with Crippen molar-refractivity contribution in [2.75, 3.05) is 5.75 Å². The first-order chi connectivity index (χ1) is 11.3. The topological polar surface area (TPSA) is 20.2 Å². The van der Waals surface area contributed by atoms with E-state index >= 15 is 0 Å². The summed E-state index contributed by atoms with van der Waals surface area (Å²) in [5.74, 6) is 7.58. The minimum absolute atomic E-state index is 0.0821. The van der Waals surface area contributed by atoms with Crippen LogP contribution in [0, 0.1) is 17.8 Å². The van der Waals surface area contributed by atoms with Crippen LogP contribution in [0.1, 0.15) is 65.2 Å². The predicted molar refractivity (Wildman–Crippen MR) is 103 cm³/mol. The van der Waals surface area contributed by atoms with Crippen LogP contribution in [-0.4, -0.2) is 17.0 Å². The average Bonchev–Trinajstić information content (AvgIpc) is 2.59. The van der Waals surface area contributed by atoms with E-state index in [1.54, 1.807) is 11.8 Å². The van der Waals surface area contributed by atoms with Gasteiger partial charge in [0.1, 0.15) is 0 Å². The summed E-state index contributed by atoms with van der Waals surface area (Å²) in [6.45, 7) is 4.40. The Bertz CT molecular complexity index is 446. The molecule has 2 heteroatoms. The molecule has 0 amide bonds. The summed E-state index contributed by atoms with van der Waals surface area (Å²) in [5.41, 5.74) is 0. The van der Waals surface area contributed by atoms with E-state index in [0.29, 0.717) is 0 Å². The lowest BCUT2D eigenvalue weighted by Gasteiger charge is -2.18. The maximum Gasteiger partial charge on any atom is 0.0685 e. The SMILES string of the molecule is CCCCC#C[C@H](CSc1ccccc1)[C@H](O)CCCCCC. The van der Waals surface area contributed by atoms with Gasteiger partial charge in [-0.05, 0) is 25.0 Å². The quantitative estimate of drug-likeness (QED) is 0.308. The molecular formula is C21H32OS. The molecule has 0 fully saturated rings. The number of thioether (sulfide) groups is 1. The van der Waals surface area contributed by atoms with Crippen LogP contribution in [-0.2, 0) is 0 Å². The van der Waals surface area contributed by atoms with Gasteiger partial charge in [-0.25, -0.2) is 0 Å². The van der Waals surface area contributed by atoms with Crippen molar-refractivity contribution < 1.29 is 5.11 Å². The van der Waals surface area contributed by atoms with Gasteiger partial charge in [-0.1, -0.05) is 70.1 Å². The van der Waals surface area contributed by atoms with Crippen molar-refractivity contribution in [1.82, 2.24) is 0 Å². The number of benzene rings is 1. The van der Waals surface area contributed by atoms with Crippen LogP contribution in [0.5, 0.6) is 0 Å². The molecule has 0 spiro atoms. The summed E-state index contributed by atoms with van der Waals surface area (Å²) in [6.07, 6.45) is 8.69. The number of unbranched alkanes of at least 4 members (excludes halogenated alkanes) is 5. The summed E-state index contributed by atoms with van der Waals surface area (Å²) in [4.78, 5) is 1.26. The van der Waals surface area contributed by atoms with Crippen LogP contribution in [0.15, 0.2) is 35.2 Å². The first-order valence-corrected chi connectivity index (χ1v) is 10.1. The summed E-state index contributed by atoms with van der Waals surface area (Å²) in [5, 5.41) is 10.5. The number of rotatable bonds is 11. The predicted octanol–water partition coefficient (Wildman–Crippen LogP) is 5.92. The van der Waals surface area contributed by atoms with E-state index in [2.05, 4.69) is 50.0 Å². The highest BCUT2D eigenvalue weighted by atomic mass is 32.2. The molecule has 1 nitrogen and oxygen atoms in total. The molecule has 0 saturated heterocycles. The van der Waals surface area contributed by atoms with Gasteiger partial charge in [-0.2, -0.15) is 0 Å². The second kappa shape index (κ2) is 13.5. The maximum absolute atomic E-state index is 10.5. The van der Waals surface area contributed by atoms with E-state index in [9.17, 15) is 5.11 Å². The number of aliphatic hydroxyl groups is 1. The van der Waals surface area contributed by atoms with E-state index < -0.39 is 0 Å². The van der Waals surface area contributed by atoms with Crippen molar-refractivity contribution in [3.63, 3.8) is 0 Å². The van der Waals surface area contributed by atoms with Gasteiger partial charge in [-0.15, -0.1) is 17.7 Å². The fourth-order valence-electron chi connectivity index (χ4n) is 2.40. The first-order valence-electron chi connectivity index (χ1n) is 9.12. The van der Waals surface area contributed by atoms with E-state index in [-0.39, 0.29) is 12.0 Å². The van der Waals surface area contributed by atoms with Crippen LogP contribution in [0.4, 0.5) is 0 Å². The molecule has 1 rings (SSSR count). The molecule has 1 N–H and O–H groups in total. The highest BCUT2D eigenvalue weighted by Crippen LogP contribution is 2.23. The van der Waals surface area contributed by atoms with Crippen molar-refractivity contribution in [2.24, 2.45) is 5.92 Å². The molecule has 0 radical (unpaired) electrons. The van der Waals surface area contributed by atoms with Crippen LogP contribution in [0.25, 0.3) is 0 Å². The fourth-order valence-corrected chi connectivity index (χ4v) is 3.43. The summed E-state index contributed by atoms with van der Waals surface area (Å²) in [7, 11) is 0. The first kappa shape index (κ1) is 20.1. The number of aliphatic hydroxyl groups excluding tert-OH is 1. The molecule has 0 aliphatic carbocycles. The van der Waals surface area contributed by atoms with Crippen LogP contribution in [0.2, 0.25) is 0 Å². The van der Waals surface area contributed by atoms with Crippen molar-refractivity contribution in [2.45, 2.75) is 76.2 Å². The molecule has 2 atom stereocenters. The highest BCUT2D eigenvalue weighted by molar-refractivity contribution is 7.99. The molecule has 1 aromatic rings. The van der Waals surface area contributed by atoms with Gasteiger partial charge in [0.2, 0.25) is 0 Å². The Morgan fingerprint density at radius 1 is 1.00 bits per heavy atom. The molecule has 23 heavy (non-hydrogen) atoms. The zero-order valence-corrected chi connectivity index (χ0v) is 15.6. The molecule has 1 aromatic carbocycles. The van der Waals surface area contributed by atoms with Crippen LogP contribution >= 0.6 is 11.8 Å². The van der Waals surface area contributed by atoms with E-state index in [1.807, 2.05) is 6.07 Å². The minimum atomic E-state index is -0.294. The second-order valence-electron chi connectivity index (χ2n) is 6.07. The third-order valence-corrected chi connectivity index (χ3v) is 5.06. The van der Waals surface area contributed by atoms with Crippen molar-refractivity contribution in [1.29, 1.82) is 0 Å². The molecule has 0 aliphatic rings. The summed E-state index contributed by atoms with van der Waals surface area (Å²) in [6, 6.07) is 10.4. The van der Waals surface area contributed by atoms with Gasteiger partial charge >= 0.3 is 0 Å². The zero-order valence-electron chi connectivity index (χ0n) is 14.8. The molecule has 0 unspecified atom stereocenters. The molecule has 0 saturated carbocycles. The highest BCUT2D eigenvalue weighted by Gasteiger charge is 2.17. The van der Waals surface area contributed by atoms with Crippen molar-refractivity contribution >= 4 is 11.8 Å². The van der Waals surface area contributed by atoms with Gasteiger partial charge in [0, 0.05) is 17.1 Å². The minimum Gasteiger partial charge on any atom is -0.392 e. The molecule has 0 heterocycles. The van der Waals surface area contributed by atoms with Crippen molar-refractivity contribution in [3.8, 4) is 11.8 Å². The van der Waals surface area contributed by atoms with Crippen LogP contribution < -0.4 is 0 Å². The molecule has 0 bridgehead atoms. The molecule has 128 valence electrons. The lowest BCUT2D eigenvalue weighted by Crippen LogP contribution is -2.21. The zero-order chi connectivity index (χ0) is 16.8. The van der Waals surface area contributed by atoms with Crippen molar-refractivity contribution in [3.05, 3.63) is 30.3 Å².